The van der Waals surface area contributed by atoms with Gasteiger partial charge in [0, 0.05) is 0 Å². The molecule has 0 aliphatic carbocycles. The molecule has 0 radical (unpaired) electrons. The number of hydrogen-bond donors (Lipinski definition) is 0. The van der Waals surface area contributed by atoms with Crippen molar-refractivity contribution < 1.29 is 4.57 Å². The van der Waals surface area contributed by atoms with Crippen molar-refractivity contribution in [3.63, 3.8) is 0 Å². The van der Waals surface area contributed by atoms with Gasteiger partial charge in [-0.15, -0.1) is 0 Å². The summed E-state index contributed by atoms with van der Waals surface area (Å²) in [6.45, 7) is 6.96. The summed E-state index contributed by atoms with van der Waals surface area (Å²) in [5.74, 6) is 0. The SMILES string of the molecule is CCCCCCCCCCCCn1cc[n+](CCCCCCCC)c1. The van der Waals surface area contributed by atoms with Crippen molar-refractivity contribution in [2.24, 2.45) is 0 Å². The number of rotatable bonds is 18. The summed E-state index contributed by atoms with van der Waals surface area (Å²) < 4.78 is 4.75. The van der Waals surface area contributed by atoms with Gasteiger partial charge in [-0.25, -0.2) is 9.13 Å². The average molecular weight is 350 g/mol. The summed E-state index contributed by atoms with van der Waals surface area (Å²) in [7, 11) is 0. The van der Waals surface area contributed by atoms with Gasteiger partial charge in [-0.3, -0.25) is 0 Å². The highest BCUT2D eigenvalue weighted by molar-refractivity contribution is 4.66. The molecule has 2 heteroatoms. The molecule has 0 fully saturated rings. The highest BCUT2D eigenvalue weighted by Gasteiger charge is 2.03. The lowest BCUT2D eigenvalue weighted by atomic mass is 10.1. The number of aryl methyl sites for hydroxylation is 2. The summed E-state index contributed by atoms with van der Waals surface area (Å²) in [5.41, 5.74) is 0. The van der Waals surface area contributed by atoms with E-state index in [1.54, 1.807) is 0 Å². The minimum atomic E-state index is 1.19. The van der Waals surface area contributed by atoms with Gasteiger partial charge in [0.05, 0.1) is 13.1 Å². The molecule has 2 nitrogen and oxygen atoms in total. The normalized spacial score (nSPS) is 11.3. The number of unbranched alkanes of at least 4 members (excludes halogenated alkanes) is 14. The Hall–Kier alpha value is -0.790. The summed E-state index contributed by atoms with van der Waals surface area (Å²) in [4.78, 5) is 0. The molecule has 146 valence electrons. The van der Waals surface area contributed by atoms with E-state index in [9.17, 15) is 0 Å². The number of nitrogens with zero attached hydrogens (tertiary/aromatic N) is 2. The van der Waals surface area contributed by atoms with E-state index in [0.717, 1.165) is 0 Å². The molecule has 0 spiro atoms. The second kappa shape index (κ2) is 16.7. The number of hydrogen-bond acceptors (Lipinski definition) is 0. The van der Waals surface area contributed by atoms with E-state index in [0.29, 0.717) is 0 Å². The Bertz CT molecular complexity index is 383. The van der Waals surface area contributed by atoms with E-state index in [4.69, 9.17) is 0 Å². The van der Waals surface area contributed by atoms with Gasteiger partial charge in [-0.05, 0) is 25.7 Å². The van der Waals surface area contributed by atoms with Gasteiger partial charge in [-0.1, -0.05) is 90.9 Å². The first-order valence-corrected chi connectivity index (χ1v) is 11.4. The summed E-state index contributed by atoms with van der Waals surface area (Å²) in [6.07, 6.45) is 29.3. The van der Waals surface area contributed by atoms with E-state index < -0.39 is 0 Å². The molecule has 0 saturated carbocycles. The minimum absolute atomic E-state index is 1.19. The van der Waals surface area contributed by atoms with Crippen LogP contribution in [-0.4, -0.2) is 4.57 Å². The lowest BCUT2D eigenvalue weighted by Gasteiger charge is -2.01. The lowest BCUT2D eigenvalue weighted by Crippen LogP contribution is -2.30. The maximum atomic E-state index is 2.38. The first kappa shape index (κ1) is 22.3. The maximum Gasteiger partial charge on any atom is 0.243 e. The standard InChI is InChI=1S/C23H45N2/c1-3-5-7-9-11-12-13-14-16-18-20-25-22-21-24(23-25)19-17-15-10-8-6-4-2/h21-23H,3-20H2,1-2H3/q+1. The van der Waals surface area contributed by atoms with Crippen molar-refractivity contribution in [2.45, 2.75) is 130 Å². The summed E-state index contributed by atoms with van der Waals surface area (Å²) in [6, 6.07) is 0. The van der Waals surface area contributed by atoms with Crippen LogP contribution >= 0.6 is 0 Å². The molecule has 0 unspecified atom stereocenters. The van der Waals surface area contributed by atoms with E-state index in [2.05, 4.69) is 41.7 Å². The smallest absolute Gasteiger partial charge is 0.237 e. The van der Waals surface area contributed by atoms with E-state index in [1.807, 2.05) is 0 Å². The molecule has 0 aromatic carbocycles. The molecule has 0 saturated heterocycles. The van der Waals surface area contributed by atoms with Crippen molar-refractivity contribution in [3.05, 3.63) is 18.7 Å². The molecule has 1 heterocycles. The number of imidazole rings is 1. The molecule has 0 aliphatic heterocycles. The molecular formula is C23H45N2+. The summed E-state index contributed by atoms with van der Waals surface area (Å²) >= 11 is 0. The van der Waals surface area contributed by atoms with Crippen LogP contribution in [0.25, 0.3) is 0 Å². The zero-order chi connectivity index (χ0) is 18.0. The zero-order valence-corrected chi connectivity index (χ0v) is 17.4. The molecular weight excluding hydrogens is 304 g/mol. The van der Waals surface area contributed by atoms with Crippen molar-refractivity contribution >= 4 is 0 Å². The first-order valence-electron chi connectivity index (χ1n) is 11.4. The Kier molecular flexibility index (Phi) is 14.8. The predicted octanol–water partition coefficient (Wildman–Crippen LogP) is 7.06. The molecule has 0 atom stereocenters. The third-order valence-electron chi connectivity index (χ3n) is 5.29. The minimum Gasteiger partial charge on any atom is -0.237 e. The van der Waals surface area contributed by atoms with Crippen LogP contribution in [0.2, 0.25) is 0 Å². The molecule has 0 aliphatic rings. The average Bonchev–Trinajstić information content (AvgIpc) is 3.07. The molecule has 1 aromatic heterocycles. The lowest BCUT2D eigenvalue weighted by molar-refractivity contribution is -0.696. The third kappa shape index (κ3) is 13.1. The maximum absolute atomic E-state index is 2.38. The largest absolute Gasteiger partial charge is 0.243 e. The van der Waals surface area contributed by atoms with Gasteiger partial charge < -0.3 is 0 Å². The van der Waals surface area contributed by atoms with Gasteiger partial charge in [0.25, 0.3) is 0 Å². The zero-order valence-electron chi connectivity index (χ0n) is 17.4. The molecule has 0 bridgehead atoms. The quantitative estimate of drug-likeness (QED) is 0.198. The van der Waals surface area contributed by atoms with Crippen molar-refractivity contribution in [1.82, 2.24) is 4.57 Å². The molecule has 25 heavy (non-hydrogen) atoms. The van der Waals surface area contributed by atoms with Crippen LogP contribution in [0, 0.1) is 0 Å². The number of aromatic nitrogens is 2. The van der Waals surface area contributed by atoms with Crippen molar-refractivity contribution in [1.29, 1.82) is 0 Å². The van der Waals surface area contributed by atoms with Gasteiger partial charge in [0.2, 0.25) is 6.33 Å². The van der Waals surface area contributed by atoms with Crippen LogP contribution in [0.3, 0.4) is 0 Å². The van der Waals surface area contributed by atoms with Gasteiger partial charge >= 0.3 is 0 Å². The Labute approximate surface area is 158 Å². The van der Waals surface area contributed by atoms with E-state index in [1.165, 1.54) is 116 Å². The van der Waals surface area contributed by atoms with Crippen LogP contribution in [0.15, 0.2) is 18.7 Å². The third-order valence-corrected chi connectivity index (χ3v) is 5.29. The molecule has 1 aromatic rings. The Balaban J connectivity index is 1.92. The molecule has 0 amide bonds. The van der Waals surface area contributed by atoms with E-state index in [-0.39, 0.29) is 0 Å². The van der Waals surface area contributed by atoms with Gasteiger partial charge in [0.1, 0.15) is 12.4 Å². The highest BCUT2D eigenvalue weighted by atomic mass is 15.1. The molecule has 0 N–H and O–H groups in total. The molecule has 1 rings (SSSR count). The van der Waals surface area contributed by atoms with Crippen LogP contribution in [0.1, 0.15) is 117 Å². The van der Waals surface area contributed by atoms with Crippen molar-refractivity contribution in [3.8, 4) is 0 Å². The second-order valence-corrected chi connectivity index (χ2v) is 7.84. The fourth-order valence-corrected chi connectivity index (χ4v) is 3.56. The predicted molar refractivity (Wildman–Crippen MR) is 110 cm³/mol. The van der Waals surface area contributed by atoms with Crippen LogP contribution in [-0.2, 0) is 13.1 Å². The fraction of sp³-hybridized carbons (Fsp3) is 0.870. The topological polar surface area (TPSA) is 8.81 Å². The van der Waals surface area contributed by atoms with Crippen molar-refractivity contribution in [2.75, 3.05) is 0 Å². The Morgan fingerprint density at radius 3 is 1.64 bits per heavy atom. The first-order chi connectivity index (χ1) is 12.4. The van der Waals surface area contributed by atoms with Gasteiger partial charge in [0.15, 0.2) is 0 Å². The van der Waals surface area contributed by atoms with Gasteiger partial charge in [-0.2, -0.15) is 0 Å². The summed E-state index contributed by atoms with van der Waals surface area (Å²) in [5, 5.41) is 0. The fourth-order valence-electron chi connectivity index (χ4n) is 3.56. The monoisotopic (exact) mass is 349 g/mol. The van der Waals surface area contributed by atoms with Crippen LogP contribution in [0.4, 0.5) is 0 Å². The van der Waals surface area contributed by atoms with Crippen LogP contribution < -0.4 is 4.57 Å². The Morgan fingerprint density at radius 1 is 0.600 bits per heavy atom. The highest BCUT2D eigenvalue weighted by Crippen LogP contribution is 2.11. The van der Waals surface area contributed by atoms with Crippen LogP contribution in [0.5, 0.6) is 0 Å². The van der Waals surface area contributed by atoms with E-state index >= 15 is 0 Å². The second-order valence-electron chi connectivity index (χ2n) is 7.84. The Morgan fingerprint density at radius 2 is 1.08 bits per heavy atom.